The molecule has 2 nitrogen and oxygen atoms in total. The predicted octanol–water partition coefficient (Wildman–Crippen LogP) is 4.99. The van der Waals surface area contributed by atoms with Gasteiger partial charge in [-0.05, 0) is 35.9 Å². The van der Waals surface area contributed by atoms with Crippen LogP contribution < -0.4 is 0 Å². The number of benzene rings is 2. The van der Waals surface area contributed by atoms with Gasteiger partial charge in [0.05, 0.1) is 0 Å². The molecule has 1 amide bonds. The smallest absolute Gasteiger partial charge is 0.255 e. The molecule has 108 valence electrons. The van der Waals surface area contributed by atoms with Crippen LogP contribution in [0.25, 0.3) is 0 Å². The zero-order valence-corrected chi connectivity index (χ0v) is 14.3. The quantitative estimate of drug-likeness (QED) is 0.729. The van der Waals surface area contributed by atoms with E-state index < -0.39 is 0 Å². The normalized spacial score (nSPS) is 18.0. The van der Waals surface area contributed by atoms with E-state index in [1.165, 1.54) is 0 Å². The van der Waals surface area contributed by atoms with E-state index in [4.69, 9.17) is 11.6 Å². The topological polar surface area (TPSA) is 20.3 Å². The van der Waals surface area contributed by atoms with Gasteiger partial charge in [-0.15, -0.1) is 11.8 Å². The van der Waals surface area contributed by atoms with Gasteiger partial charge in [-0.1, -0.05) is 45.7 Å². The van der Waals surface area contributed by atoms with Crippen molar-refractivity contribution in [2.75, 3.05) is 12.3 Å². The van der Waals surface area contributed by atoms with Crippen molar-refractivity contribution in [1.82, 2.24) is 4.90 Å². The van der Waals surface area contributed by atoms with Gasteiger partial charge in [0.15, 0.2) is 0 Å². The number of rotatable bonds is 2. The second-order valence-corrected chi connectivity index (χ2v) is 7.33. The molecule has 1 atom stereocenters. The third kappa shape index (κ3) is 3.28. The number of halogens is 2. The standard InChI is InChI=1S/C16H13BrClNOS/c17-13-5-1-3-11(9-13)15(20)19-7-8-21-16(19)12-4-2-6-14(18)10-12/h1-6,9-10,16H,7-8H2. The molecule has 0 aromatic heterocycles. The van der Waals surface area contributed by atoms with Gasteiger partial charge in [0.1, 0.15) is 5.37 Å². The summed E-state index contributed by atoms with van der Waals surface area (Å²) in [5, 5.41) is 0.741. The fourth-order valence-corrected chi connectivity index (χ4v) is 4.25. The van der Waals surface area contributed by atoms with Crippen LogP contribution in [0, 0.1) is 0 Å². The van der Waals surface area contributed by atoms with Crippen LogP contribution in [0.2, 0.25) is 5.02 Å². The summed E-state index contributed by atoms with van der Waals surface area (Å²) in [4.78, 5) is 14.6. The summed E-state index contributed by atoms with van der Waals surface area (Å²) < 4.78 is 0.916. The average Bonchev–Trinajstić information content (AvgIpc) is 2.96. The Bertz CT molecular complexity index is 679. The Morgan fingerprint density at radius 3 is 2.81 bits per heavy atom. The summed E-state index contributed by atoms with van der Waals surface area (Å²) in [5.74, 6) is 1.00. The highest BCUT2D eigenvalue weighted by atomic mass is 79.9. The average molecular weight is 383 g/mol. The van der Waals surface area contributed by atoms with Crippen molar-refractivity contribution in [2.24, 2.45) is 0 Å². The highest BCUT2D eigenvalue weighted by Crippen LogP contribution is 2.39. The number of hydrogen-bond acceptors (Lipinski definition) is 2. The lowest BCUT2D eigenvalue weighted by Gasteiger charge is -2.24. The SMILES string of the molecule is O=C(c1cccc(Br)c1)N1CCSC1c1cccc(Cl)c1. The molecule has 1 fully saturated rings. The third-order valence-corrected chi connectivity index (χ3v) is 5.35. The molecule has 1 aliphatic rings. The van der Waals surface area contributed by atoms with Crippen LogP contribution in [0.15, 0.2) is 53.0 Å². The molecule has 1 heterocycles. The van der Waals surface area contributed by atoms with Crippen LogP contribution in [-0.2, 0) is 0 Å². The van der Waals surface area contributed by atoms with Crippen molar-refractivity contribution < 1.29 is 4.79 Å². The molecule has 5 heteroatoms. The lowest BCUT2D eigenvalue weighted by molar-refractivity contribution is 0.0760. The highest BCUT2D eigenvalue weighted by Gasteiger charge is 2.31. The highest BCUT2D eigenvalue weighted by molar-refractivity contribution is 9.10. The van der Waals surface area contributed by atoms with Crippen molar-refractivity contribution in [3.63, 3.8) is 0 Å². The summed E-state index contributed by atoms with van der Waals surface area (Å²) in [7, 11) is 0. The second kappa shape index (κ2) is 6.42. The van der Waals surface area contributed by atoms with E-state index in [0.717, 1.165) is 22.3 Å². The first kappa shape index (κ1) is 14.9. The van der Waals surface area contributed by atoms with Crippen molar-refractivity contribution >= 4 is 45.2 Å². The largest absolute Gasteiger partial charge is 0.322 e. The minimum absolute atomic E-state index is 0.0372. The van der Waals surface area contributed by atoms with Crippen LogP contribution in [-0.4, -0.2) is 23.1 Å². The Morgan fingerprint density at radius 2 is 2.05 bits per heavy atom. The summed E-state index contributed by atoms with van der Waals surface area (Å²) in [5.41, 5.74) is 1.78. The second-order valence-electron chi connectivity index (χ2n) is 4.79. The van der Waals surface area contributed by atoms with Gasteiger partial charge in [0, 0.05) is 27.4 Å². The monoisotopic (exact) mass is 381 g/mol. The molecule has 1 saturated heterocycles. The molecular formula is C16H13BrClNOS. The minimum Gasteiger partial charge on any atom is -0.322 e. The van der Waals surface area contributed by atoms with E-state index in [2.05, 4.69) is 15.9 Å². The summed E-state index contributed by atoms with van der Waals surface area (Å²) in [6, 6.07) is 15.3. The molecule has 1 aliphatic heterocycles. The Labute approximate surface area is 141 Å². The van der Waals surface area contributed by atoms with Crippen molar-refractivity contribution in [3.8, 4) is 0 Å². The van der Waals surface area contributed by atoms with Crippen molar-refractivity contribution in [1.29, 1.82) is 0 Å². The van der Waals surface area contributed by atoms with Gasteiger partial charge in [0.2, 0.25) is 0 Å². The number of hydrogen-bond donors (Lipinski definition) is 0. The van der Waals surface area contributed by atoms with Gasteiger partial charge in [-0.2, -0.15) is 0 Å². The molecule has 0 bridgehead atoms. The lowest BCUT2D eigenvalue weighted by atomic mass is 10.1. The predicted molar refractivity (Wildman–Crippen MR) is 91.8 cm³/mol. The van der Waals surface area contributed by atoms with Gasteiger partial charge in [-0.25, -0.2) is 0 Å². The maximum atomic E-state index is 12.7. The number of thioether (sulfide) groups is 1. The molecule has 3 rings (SSSR count). The molecule has 0 N–H and O–H groups in total. The molecule has 0 spiro atoms. The van der Waals surface area contributed by atoms with Gasteiger partial charge in [0.25, 0.3) is 5.91 Å². The van der Waals surface area contributed by atoms with Crippen LogP contribution in [0.5, 0.6) is 0 Å². The Balaban J connectivity index is 1.89. The van der Waals surface area contributed by atoms with E-state index in [1.807, 2.05) is 53.4 Å². The molecule has 0 aliphatic carbocycles. The first-order chi connectivity index (χ1) is 10.1. The number of carbonyl (C=O) groups is 1. The van der Waals surface area contributed by atoms with E-state index in [9.17, 15) is 4.79 Å². The number of amides is 1. The molecule has 0 radical (unpaired) electrons. The number of nitrogens with zero attached hydrogens (tertiary/aromatic N) is 1. The molecule has 21 heavy (non-hydrogen) atoms. The van der Waals surface area contributed by atoms with Crippen molar-refractivity contribution in [2.45, 2.75) is 5.37 Å². The maximum Gasteiger partial charge on any atom is 0.255 e. The Morgan fingerprint density at radius 1 is 1.24 bits per heavy atom. The molecule has 1 unspecified atom stereocenters. The summed E-state index contributed by atoms with van der Waals surface area (Å²) >= 11 is 11.3. The zero-order chi connectivity index (χ0) is 14.8. The van der Waals surface area contributed by atoms with E-state index in [-0.39, 0.29) is 11.3 Å². The molecule has 0 saturated carbocycles. The molecule has 2 aromatic rings. The fraction of sp³-hybridized carbons (Fsp3) is 0.188. The van der Waals surface area contributed by atoms with Gasteiger partial charge in [-0.3, -0.25) is 4.79 Å². The summed E-state index contributed by atoms with van der Waals surface area (Å²) in [6.07, 6.45) is 0. The summed E-state index contributed by atoms with van der Waals surface area (Å²) in [6.45, 7) is 0.757. The molecular weight excluding hydrogens is 370 g/mol. The van der Waals surface area contributed by atoms with E-state index in [1.54, 1.807) is 11.8 Å². The van der Waals surface area contributed by atoms with Gasteiger partial charge < -0.3 is 4.90 Å². The third-order valence-electron chi connectivity index (χ3n) is 3.36. The first-order valence-electron chi connectivity index (χ1n) is 6.59. The zero-order valence-electron chi connectivity index (χ0n) is 11.1. The van der Waals surface area contributed by atoms with Gasteiger partial charge >= 0.3 is 0 Å². The number of carbonyl (C=O) groups excluding carboxylic acids is 1. The van der Waals surface area contributed by atoms with Crippen molar-refractivity contribution in [3.05, 3.63) is 69.2 Å². The Kier molecular flexibility index (Phi) is 4.57. The fourth-order valence-electron chi connectivity index (χ4n) is 2.40. The van der Waals surface area contributed by atoms with E-state index in [0.29, 0.717) is 10.6 Å². The van der Waals surface area contributed by atoms with Crippen LogP contribution in [0.1, 0.15) is 21.3 Å². The Hall–Kier alpha value is -0.970. The minimum atomic E-state index is 0.0372. The van der Waals surface area contributed by atoms with Crippen LogP contribution in [0.3, 0.4) is 0 Å². The maximum absolute atomic E-state index is 12.7. The van der Waals surface area contributed by atoms with Crippen LogP contribution in [0.4, 0.5) is 0 Å². The van der Waals surface area contributed by atoms with E-state index >= 15 is 0 Å². The lowest BCUT2D eigenvalue weighted by Crippen LogP contribution is -2.30. The van der Waals surface area contributed by atoms with Crippen LogP contribution >= 0.6 is 39.3 Å². The molecule has 2 aromatic carbocycles. The first-order valence-corrected chi connectivity index (χ1v) is 8.81.